The molecule has 1 rings (SSSR count). The first-order valence-electron chi connectivity index (χ1n) is 13.3. The highest BCUT2D eigenvalue weighted by molar-refractivity contribution is 4.75. The van der Waals surface area contributed by atoms with Gasteiger partial charge in [0.1, 0.15) is 0 Å². The third-order valence-corrected chi connectivity index (χ3v) is 5.21. The van der Waals surface area contributed by atoms with Crippen LogP contribution < -0.4 is 11.1 Å². The Hall–Kier alpha value is -0.240. The normalized spacial score (nSPS) is 15.4. The van der Waals surface area contributed by atoms with Crippen molar-refractivity contribution >= 4 is 0 Å². The van der Waals surface area contributed by atoms with Crippen LogP contribution in [-0.2, 0) is 14.2 Å². The summed E-state index contributed by atoms with van der Waals surface area (Å²) in [7, 11) is 0. The SMILES string of the molecule is CC(C)(C)OCCOC(C)(C)CCNC1CCCCC1.CC(C)(CCN)OCCO.CCC. The van der Waals surface area contributed by atoms with Gasteiger partial charge in [0.2, 0.25) is 0 Å². The highest BCUT2D eigenvalue weighted by Crippen LogP contribution is 2.19. The van der Waals surface area contributed by atoms with Crippen molar-refractivity contribution in [3.8, 4) is 0 Å². The van der Waals surface area contributed by atoms with Crippen molar-refractivity contribution < 1.29 is 19.3 Å². The zero-order chi connectivity index (χ0) is 25.8. The van der Waals surface area contributed by atoms with Gasteiger partial charge in [-0.05, 0) is 87.2 Å². The summed E-state index contributed by atoms with van der Waals surface area (Å²) in [5.41, 5.74) is 5.02. The van der Waals surface area contributed by atoms with Gasteiger partial charge >= 0.3 is 0 Å². The van der Waals surface area contributed by atoms with E-state index in [9.17, 15) is 0 Å². The van der Waals surface area contributed by atoms with Crippen molar-refractivity contribution in [2.45, 2.75) is 137 Å². The fourth-order valence-corrected chi connectivity index (χ4v) is 3.36. The van der Waals surface area contributed by atoms with Gasteiger partial charge in [0.25, 0.3) is 0 Å². The number of aliphatic hydroxyl groups excluding tert-OH is 1. The van der Waals surface area contributed by atoms with Gasteiger partial charge in [-0.1, -0.05) is 39.5 Å². The van der Waals surface area contributed by atoms with E-state index in [4.69, 9.17) is 25.1 Å². The topological polar surface area (TPSA) is 86.0 Å². The van der Waals surface area contributed by atoms with Crippen LogP contribution in [0.2, 0.25) is 0 Å². The second kappa shape index (κ2) is 20.0. The summed E-state index contributed by atoms with van der Waals surface area (Å²) in [4.78, 5) is 0. The van der Waals surface area contributed by atoms with Gasteiger partial charge in [-0.2, -0.15) is 0 Å². The van der Waals surface area contributed by atoms with E-state index in [1.165, 1.54) is 38.5 Å². The van der Waals surface area contributed by atoms with Gasteiger partial charge in [-0.25, -0.2) is 0 Å². The first kappa shape index (κ1) is 34.9. The van der Waals surface area contributed by atoms with Crippen molar-refractivity contribution in [2.24, 2.45) is 5.73 Å². The van der Waals surface area contributed by atoms with Crippen molar-refractivity contribution in [3.05, 3.63) is 0 Å². The van der Waals surface area contributed by atoms with E-state index in [1.807, 2.05) is 13.8 Å². The highest BCUT2D eigenvalue weighted by Gasteiger charge is 2.20. The molecule has 1 aliphatic carbocycles. The van der Waals surface area contributed by atoms with E-state index < -0.39 is 0 Å². The number of hydrogen-bond acceptors (Lipinski definition) is 6. The second-order valence-electron chi connectivity index (χ2n) is 11.2. The minimum Gasteiger partial charge on any atom is -0.394 e. The van der Waals surface area contributed by atoms with Crippen LogP contribution in [0, 0.1) is 0 Å². The monoisotopic (exact) mass is 476 g/mol. The average Bonchev–Trinajstić information content (AvgIpc) is 2.71. The second-order valence-corrected chi connectivity index (χ2v) is 11.2. The molecule has 0 radical (unpaired) electrons. The molecule has 0 unspecified atom stereocenters. The number of nitrogens with two attached hydrogens (primary N) is 1. The summed E-state index contributed by atoms with van der Waals surface area (Å²) >= 11 is 0. The molecule has 6 nitrogen and oxygen atoms in total. The Kier molecular flexibility index (Phi) is 21.2. The van der Waals surface area contributed by atoms with Gasteiger partial charge in [0.15, 0.2) is 0 Å². The Labute approximate surface area is 206 Å². The molecule has 0 bridgehead atoms. The highest BCUT2D eigenvalue weighted by atomic mass is 16.5. The van der Waals surface area contributed by atoms with E-state index in [-0.39, 0.29) is 23.4 Å². The molecular formula is C27H60N2O4. The number of ether oxygens (including phenoxy) is 3. The van der Waals surface area contributed by atoms with Crippen LogP contribution in [0.5, 0.6) is 0 Å². The van der Waals surface area contributed by atoms with E-state index in [1.54, 1.807) is 0 Å². The molecule has 0 saturated heterocycles. The summed E-state index contributed by atoms with van der Waals surface area (Å²) in [5, 5.41) is 12.1. The van der Waals surface area contributed by atoms with Crippen molar-refractivity contribution in [2.75, 3.05) is 39.5 Å². The first-order chi connectivity index (χ1) is 15.3. The molecule has 1 fully saturated rings. The molecule has 0 spiro atoms. The predicted octanol–water partition coefficient (Wildman–Crippen LogP) is 5.45. The molecule has 0 aliphatic heterocycles. The standard InChI is InChI=1S/C17H35NO2.C7H17NO2.C3H8/c1-16(2,3)19-13-14-20-17(4,5)11-12-18-15-9-7-6-8-10-15;1-7(2,3-4-8)10-6-5-9;1-3-2/h15,18H,6-14H2,1-5H3;9H,3-6,8H2,1-2H3;3H2,1-2H3. The lowest BCUT2D eigenvalue weighted by atomic mass is 9.95. The summed E-state index contributed by atoms with van der Waals surface area (Å²) in [5.74, 6) is 0. The molecule has 33 heavy (non-hydrogen) atoms. The Morgan fingerprint density at radius 3 is 1.76 bits per heavy atom. The zero-order valence-corrected chi connectivity index (χ0v) is 23.7. The van der Waals surface area contributed by atoms with Crippen molar-refractivity contribution in [3.63, 3.8) is 0 Å². The quantitative estimate of drug-likeness (QED) is 0.307. The van der Waals surface area contributed by atoms with Crippen LogP contribution in [-0.4, -0.2) is 67.5 Å². The summed E-state index contributed by atoms with van der Waals surface area (Å²) in [6.45, 7) is 22.3. The molecule has 0 aromatic carbocycles. The van der Waals surface area contributed by atoms with Crippen LogP contribution in [0.25, 0.3) is 0 Å². The fraction of sp³-hybridized carbons (Fsp3) is 1.00. The van der Waals surface area contributed by atoms with E-state index in [0.29, 0.717) is 26.4 Å². The van der Waals surface area contributed by atoms with Crippen LogP contribution >= 0.6 is 0 Å². The first-order valence-corrected chi connectivity index (χ1v) is 13.3. The van der Waals surface area contributed by atoms with Gasteiger partial charge in [-0.15, -0.1) is 0 Å². The van der Waals surface area contributed by atoms with Gasteiger partial charge in [0, 0.05) is 6.04 Å². The maximum atomic E-state index is 8.44. The number of aliphatic hydroxyl groups is 1. The largest absolute Gasteiger partial charge is 0.394 e. The molecule has 0 aromatic heterocycles. The Bertz CT molecular complexity index is 417. The summed E-state index contributed by atoms with van der Waals surface area (Å²) < 4.78 is 16.9. The van der Waals surface area contributed by atoms with Crippen LogP contribution in [0.15, 0.2) is 0 Å². The number of nitrogens with one attached hydrogen (secondary N) is 1. The minimum atomic E-state index is -0.183. The lowest BCUT2D eigenvalue weighted by molar-refractivity contribution is -0.0808. The molecule has 1 aliphatic rings. The lowest BCUT2D eigenvalue weighted by Gasteiger charge is -2.29. The smallest absolute Gasteiger partial charge is 0.0708 e. The number of hydrogen-bond donors (Lipinski definition) is 3. The average molecular weight is 477 g/mol. The third kappa shape index (κ3) is 26.2. The molecule has 1 saturated carbocycles. The fourth-order valence-electron chi connectivity index (χ4n) is 3.36. The van der Waals surface area contributed by atoms with Gasteiger partial charge in [-0.3, -0.25) is 0 Å². The Balaban J connectivity index is 0. The van der Waals surface area contributed by atoms with Crippen molar-refractivity contribution in [1.82, 2.24) is 5.32 Å². The summed E-state index contributed by atoms with van der Waals surface area (Å²) in [6, 6.07) is 0.740. The van der Waals surface area contributed by atoms with Crippen LogP contribution in [0.3, 0.4) is 0 Å². The van der Waals surface area contributed by atoms with E-state index in [0.717, 1.165) is 25.4 Å². The molecule has 6 heteroatoms. The molecule has 0 aromatic rings. The van der Waals surface area contributed by atoms with E-state index in [2.05, 4.69) is 53.8 Å². The number of rotatable bonds is 13. The lowest BCUT2D eigenvalue weighted by Crippen LogP contribution is -2.37. The third-order valence-electron chi connectivity index (χ3n) is 5.21. The van der Waals surface area contributed by atoms with E-state index >= 15 is 0 Å². The molecule has 202 valence electrons. The maximum Gasteiger partial charge on any atom is 0.0708 e. The van der Waals surface area contributed by atoms with Gasteiger partial charge < -0.3 is 30.4 Å². The van der Waals surface area contributed by atoms with Crippen LogP contribution in [0.4, 0.5) is 0 Å². The molecule has 4 N–H and O–H groups in total. The zero-order valence-electron chi connectivity index (χ0n) is 23.7. The van der Waals surface area contributed by atoms with Crippen molar-refractivity contribution in [1.29, 1.82) is 0 Å². The van der Waals surface area contributed by atoms with Gasteiger partial charge in [0.05, 0.1) is 43.2 Å². The van der Waals surface area contributed by atoms with Crippen LogP contribution in [0.1, 0.15) is 114 Å². The molecule has 0 heterocycles. The Morgan fingerprint density at radius 2 is 1.27 bits per heavy atom. The minimum absolute atomic E-state index is 0.0666. The molecule has 0 atom stereocenters. The maximum absolute atomic E-state index is 8.44. The molecule has 0 amide bonds. The molecular weight excluding hydrogens is 416 g/mol. The predicted molar refractivity (Wildman–Crippen MR) is 142 cm³/mol. The summed E-state index contributed by atoms with van der Waals surface area (Å²) in [6.07, 6.45) is 10.0. The Morgan fingerprint density at radius 1 is 0.788 bits per heavy atom.